The number of fused-ring (bicyclic) bond motifs is 4. The van der Waals surface area contributed by atoms with Crippen LogP contribution in [0.4, 0.5) is 0 Å². The number of hydrogen-bond donors (Lipinski definition) is 2. The van der Waals surface area contributed by atoms with E-state index in [9.17, 15) is 4.79 Å². The number of hydrogen-bond acceptors (Lipinski definition) is 5. The molecule has 2 bridgehead atoms. The standard InChI is InChI=1S/C19H23N7O.2ClH/c1-12-22-17(24-23-12)4-6-25-7-5-21-18(25)15-2-3-16-14-8-13(9-20-10-14)11-26(16)19(15)27;;/h2-3,5,7,13-14,20H,4,6,8-11H2,1H3,(H,22,23,24);2*1H/t13-,14+;;/m0../s1. The van der Waals surface area contributed by atoms with Crippen molar-refractivity contribution in [1.82, 2.24) is 34.6 Å². The fourth-order valence-corrected chi connectivity index (χ4v) is 4.42. The maximum Gasteiger partial charge on any atom is 0.261 e. The molecule has 5 rings (SSSR count). The zero-order valence-electron chi connectivity index (χ0n) is 16.2. The average Bonchev–Trinajstić information content (AvgIpc) is 3.30. The van der Waals surface area contributed by atoms with Crippen LogP contribution in [0.2, 0.25) is 0 Å². The van der Waals surface area contributed by atoms with Crippen molar-refractivity contribution in [3.05, 3.63) is 52.2 Å². The van der Waals surface area contributed by atoms with Crippen LogP contribution in [0.1, 0.15) is 29.7 Å². The van der Waals surface area contributed by atoms with Gasteiger partial charge in [0.2, 0.25) is 0 Å². The van der Waals surface area contributed by atoms with Crippen molar-refractivity contribution in [2.24, 2.45) is 5.92 Å². The van der Waals surface area contributed by atoms with Gasteiger partial charge in [-0.1, -0.05) is 0 Å². The first kappa shape index (κ1) is 21.5. The molecule has 10 heteroatoms. The topological polar surface area (TPSA) is 93.4 Å². The predicted molar refractivity (Wildman–Crippen MR) is 115 cm³/mol. The fraction of sp³-hybridized carbons (Fsp3) is 0.474. The highest BCUT2D eigenvalue weighted by Gasteiger charge is 2.31. The van der Waals surface area contributed by atoms with E-state index in [0.717, 1.165) is 42.8 Å². The van der Waals surface area contributed by atoms with Crippen LogP contribution in [0.3, 0.4) is 0 Å². The molecule has 0 radical (unpaired) electrons. The third kappa shape index (κ3) is 3.97. The summed E-state index contributed by atoms with van der Waals surface area (Å²) in [6.07, 6.45) is 5.53. The van der Waals surface area contributed by atoms with E-state index in [4.69, 9.17) is 0 Å². The minimum Gasteiger partial charge on any atom is -0.330 e. The molecule has 156 valence electrons. The molecule has 0 saturated carbocycles. The van der Waals surface area contributed by atoms with Crippen LogP contribution < -0.4 is 10.9 Å². The Balaban J connectivity index is 0.00000120. The molecule has 1 fully saturated rings. The lowest BCUT2D eigenvalue weighted by Crippen LogP contribution is -2.45. The van der Waals surface area contributed by atoms with Crippen LogP contribution >= 0.6 is 24.8 Å². The summed E-state index contributed by atoms with van der Waals surface area (Å²) in [7, 11) is 0. The number of aromatic amines is 1. The summed E-state index contributed by atoms with van der Waals surface area (Å²) in [6.45, 7) is 5.32. The van der Waals surface area contributed by atoms with Gasteiger partial charge in [-0.3, -0.25) is 9.89 Å². The van der Waals surface area contributed by atoms with Crippen molar-refractivity contribution < 1.29 is 0 Å². The Morgan fingerprint density at radius 3 is 2.90 bits per heavy atom. The number of nitrogens with zero attached hydrogens (tertiary/aromatic N) is 5. The number of H-pyrrole nitrogens is 1. The van der Waals surface area contributed by atoms with Gasteiger partial charge in [-0.15, -0.1) is 24.8 Å². The lowest BCUT2D eigenvalue weighted by Gasteiger charge is -2.37. The van der Waals surface area contributed by atoms with Gasteiger partial charge in [-0.25, -0.2) is 9.97 Å². The monoisotopic (exact) mass is 437 g/mol. The maximum absolute atomic E-state index is 13.2. The molecular weight excluding hydrogens is 413 g/mol. The molecule has 0 amide bonds. The Morgan fingerprint density at radius 1 is 1.24 bits per heavy atom. The molecule has 0 unspecified atom stereocenters. The summed E-state index contributed by atoms with van der Waals surface area (Å²) >= 11 is 0. The highest BCUT2D eigenvalue weighted by molar-refractivity contribution is 5.85. The number of piperidine rings is 1. The Bertz CT molecular complexity index is 1040. The molecule has 3 aromatic rings. The van der Waals surface area contributed by atoms with Gasteiger partial charge >= 0.3 is 0 Å². The van der Waals surface area contributed by atoms with Crippen molar-refractivity contribution in [2.75, 3.05) is 13.1 Å². The molecule has 2 N–H and O–H groups in total. The first-order chi connectivity index (χ1) is 13.2. The minimum atomic E-state index is 0. The van der Waals surface area contributed by atoms with E-state index in [-0.39, 0.29) is 30.4 Å². The van der Waals surface area contributed by atoms with E-state index < -0.39 is 0 Å². The van der Waals surface area contributed by atoms with Gasteiger partial charge in [0, 0.05) is 50.1 Å². The predicted octanol–water partition coefficient (Wildman–Crippen LogP) is 1.93. The zero-order chi connectivity index (χ0) is 18.4. The Hall–Kier alpha value is -2.16. The van der Waals surface area contributed by atoms with Gasteiger partial charge in [-0.05, 0) is 37.9 Å². The van der Waals surface area contributed by atoms with E-state index in [1.54, 1.807) is 6.20 Å². The van der Waals surface area contributed by atoms with E-state index in [2.05, 4.69) is 31.5 Å². The third-order valence-electron chi connectivity index (χ3n) is 5.68. The largest absolute Gasteiger partial charge is 0.330 e. The summed E-state index contributed by atoms with van der Waals surface area (Å²) in [5.41, 5.74) is 1.90. The smallest absolute Gasteiger partial charge is 0.261 e. The lowest BCUT2D eigenvalue weighted by molar-refractivity contribution is 0.257. The van der Waals surface area contributed by atoms with Crippen LogP contribution in [-0.2, 0) is 19.5 Å². The number of rotatable bonds is 4. The molecule has 5 heterocycles. The maximum atomic E-state index is 13.2. The van der Waals surface area contributed by atoms with Crippen LogP contribution in [0.15, 0.2) is 29.3 Å². The summed E-state index contributed by atoms with van der Waals surface area (Å²) in [5, 5.41) is 10.5. The summed E-state index contributed by atoms with van der Waals surface area (Å²) in [5.74, 6) is 3.28. The quantitative estimate of drug-likeness (QED) is 0.650. The molecule has 0 aromatic carbocycles. The minimum absolute atomic E-state index is 0. The highest BCUT2D eigenvalue weighted by atomic mass is 35.5. The van der Waals surface area contributed by atoms with Crippen molar-refractivity contribution in [2.45, 2.75) is 38.8 Å². The molecule has 29 heavy (non-hydrogen) atoms. The van der Waals surface area contributed by atoms with E-state index in [1.807, 2.05) is 28.3 Å². The zero-order valence-corrected chi connectivity index (χ0v) is 17.8. The van der Waals surface area contributed by atoms with Crippen LogP contribution in [0, 0.1) is 12.8 Å². The molecule has 2 aliphatic rings. The Labute approximate surface area is 181 Å². The van der Waals surface area contributed by atoms with Gasteiger partial charge in [0.15, 0.2) is 5.82 Å². The second-order valence-electron chi connectivity index (χ2n) is 7.58. The molecule has 1 saturated heterocycles. The average molecular weight is 438 g/mol. The number of pyridine rings is 1. The van der Waals surface area contributed by atoms with Crippen LogP contribution in [0.25, 0.3) is 11.4 Å². The summed E-state index contributed by atoms with van der Waals surface area (Å²) in [4.78, 5) is 22.1. The van der Waals surface area contributed by atoms with Crippen LogP contribution in [-0.4, -0.2) is 42.4 Å². The first-order valence-corrected chi connectivity index (χ1v) is 9.53. The van der Waals surface area contributed by atoms with Crippen molar-refractivity contribution in [1.29, 1.82) is 0 Å². The van der Waals surface area contributed by atoms with Crippen molar-refractivity contribution in [3.8, 4) is 11.4 Å². The first-order valence-electron chi connectivity index (χ1n) is 9.53. The second-order valence-corrected chi connectivity index (χ2v) is 7.58. The van der Waals surface area contributed by atoms with Crippen molar-refractivity contribution >= 4 is 24.8 Å². The highest BCUT2D eigenvalue weighted by Crippen LogP contribution is 2.32. The number of imidazole rings is 1. The van der Waals surface area contributed by atoms with E-state index >= 15 is 0 Å². The number of aromatic nitrogens is 6. The Morgan fingerprint density at radius 2 is 2.10 bits per heavy atom. The molecular formula is C19H25Cl2N7O. The SMILES string of the molecule is Cc1nc(CCn2ccnc2-c2ccc3n(c2=O)C[C@@H]2CNC[C@H]3C2)n[nH]1.Cl.Cl. The fourth-order valence-electron chi connectivity index (χ4n) is 4.42. The van der Waals surface area contributed by atoms with Crippen LogP contribution in [0.5, 0.6) is 0 Å². The third-order valence-corrected chi connectivity index (χ3v) is 5.68. The molecule has 2 atom stereocenters. The van der Waals surface area contributed by atoms with Gasteiger partial charge < -0.3 is 14.5 Å². The van der Waals surface area contributed by atoms with Gasteiger partial charge in [0.05, 0.1) is 5.56 Å². The lowest BCUT2D eigenvalue weighted by atomic mass is 9.84. The molecule has 0 aliphatic carbocycles. The molecule has 3 aromatic heterocycles. The number of halogens is 2. The normalized spacial score (nSPS) is 19.8. The van der Waals surface area contributed by atoms with Crippen molar-refractivity contribution in [3.63, 3.8) is 0 Å². The van der Waals surface area contributed by atoms with Gasteiger partial charge in [0.1, 0.15) is 11.6 Å². The molecule has 0 spiro atoms. The van der Waals surface area contributed by atoms with Gasteiger partial charge in [-0.2, -0.15) is 5.10 Å². The molecule has 2 aliphatic heterocycles. The second kappa shape index (κ2) is 8.69. The van der Waals surface area contributed by atoms with Gasteiger partial charge in [0.25, 0.3) is 5.56 Å². The number of nitrogens with one attached hydrogen (secondary N) is 2. The van der Waals surface area contributed by atoms with E-state index in [1.165, 1.54) is 6.42 Å². The number of aryl methyl sites for hydroxylation is 3. The Kier molecular flexibility index (Phi) is 6.45. The summed E-state index contributed by atoms with van der Waals surface area (Å²) in [6, 6.07) is 4.06. The van der Waals surface area contributed by atoms with E-state index in [0.29, 0.717) is 30.4 Å². The summed E-state index contributed by atoms with van der Waals surface area (Å²) < 4.78 is 3.99. The molecule has 8 nitrogen and oxygen atoms in total.